The van der Waals surface area contributed by atoms with Crippen molar-refractivity contribution in [2.45, 2.75) is 39.5 Å². The van der Waals surface area contributed by atoms with Gasteiger partial charge in [0.1, 0.15) is 0 Å². The molecule has 138 valence electrons. The molecule has 0 saturated heterocycles. The molecule has 3 heteroatoms. The van der Waals surface area contributed by atoms with Crippen LogP contribution in [0, 0.1) is 13.8 Å². The van der Waals surface area contributed by atoms with Crippen LogP contribution in [0.3, 0.4) is 0 Å². The molecule has 0 radical (unpaired) electrons. The third-order valence-electron chi connectivity index (χ3n) is 4.72. The highest BCUT2D eigenvalue weighted by Gasteiger charge is 2.20. The Hall–Kier alpha value is -2.94. The molecule has 1 atom stereocenters. The largest absolute Gasteiger partial charge is 0.326 e. The first-order valence-electron chi connectivity index (χ1n) is 9.47. The van der Waals surface area contributed by atoms with E-state index in [2.05, 4.69) is 42.3 Å². The standard InChI is InChI=1S/C24H26N2O/c1-4-6-23(21-8-5-7-17(2)15-21)24(27)26-22-11-9-19(10-12-22)20-13-14-25-18(3)16-20/h5,7-16,23H,4,6H2,1-3H3,(H,26,27). The molecule has 1 amide bonds. The van der Waals surface area contributed by atoms with Gasteiger partial charge in [-0.1, -0.05) is 55.3 Å². The van der Waals surface area contributed by atoms with Gasteiger partial charge in [-0.2, -0.15) is 0 Å². The van der Waals surface area contributed by atoms with Crippen LogP contribution in [0.2, 0.25) is 0 Å². The summed E-state index contributed by atoms with van der Waals surface area (Å²) in [5, 5.41) is 3.08. The number of pyridine rings is 1. The summed E-state index contributed by atoms with van der Waals surface area (Å²) in [5.74, 6) is -0.0765. The first-order chi connectivity index (χ1) is 13.1. The molecule has 3 aromatic rings. The van der Waals surface area contributed by atoms with Crippen LogP contribution in [0.5, 0.6) is 0 Å². The summed E-state index contributed by atoms with van der Waals surface area (Å²) in [6.07, 6.45) is 3.62. The van der Waals surface area contributed by atoms with Crippen LogP contribution < -0.4 is 5.32 Å². The molecule has 2 aromatic carbocycles. The Balaban J connectivity index is 1.76. The number of hydrogen-bond donors (Lipinski definition) is 1. The molecule has 0 saturated carbocycles. The SMILES string of the molecule is CCCC(C(=O)Nc1ccc(-c2ccnc(C)c2)cc1)c1cccc(C)c1. The Labute approximate surface area is 161 Å². The molecule has 0 aliphatic carbocycles. The number of carbonyl (C=O) groups is 1. The molecule has 1 aromatic heterocycles. The van der Waals surface area contributed by atoms with Crippen LogP contribution in [0.4, 0.5) is 5.69 Å². The van der Waals surface area contributed by atoms with E-state index in [-0.39, 0.29) is 11.8 Å². The highest BCUT2D eigenvalue weighted by molar-refractivity contribution is 5.96. The van der Waals surface area contributed by atoms with Crippen molar-refractivity contribution in [3.05, 3.63) is 83.7 Å². The number of rotatable bonds is 6. The Kier molecular flexibility index (Phi) is 6.02. The molecule has 0 spiro atoms. The smallest absolute Gasteiger partial charge is 0.231 e. The fourth-order valence-electron chi connectivity index (χ4n) is 3.33. The predicted octanol–water partition coefficient (Wildman–Crippen LogP) is 5.89. The maximum absolute atomic E-state index is 12.9. The summed E-state index contributed by atoms with van der Waals surface area (Å²) in [6, 6.07) is 20.3. The van der Waals surface area contributed by atoms with Crippen molar-refractivity contribution in [1.29, 1.82) is 0 Å². The molecule has 0 fully saturated rings. The van der Waals surface area contributed by atoms with E-state index in [1.54, 1.807) is 0 Å². The summed E-state index contributed by atoms with van der Waals surface area (Å²) < 4.78 is 0. The highest BCUT2D eigenvalue weighted by Crippen LogP contribution is 2.26. The summed E-state index contributed by atoms with van der Waals surface area (Å²) in [7, 11) is 0. The summed E-state index contributed by atoms with van der Waals surface area (Å²) in [4.78, 5) is 17.1. The van der Waals surface area contributed by atoms with Crippen molar-refractivity contribution in [1.82, 2.24) is 4.98 Å². The van der Waals surface area contributed by atoms with Crippen LogP contribution in [0.15, 0.2) is 66.9 Å². The minimum absolute atomic E-state index is 0.0509. The fraction of sp³-hybridized carbons (Fsp3) is 0.250. The number of aromatic nitrogens is 1. The van der Waals surface area contributed by atoms with Gasteiger partial charge >= 0.3 is 0 Å². The second kappa shape index (κ2) is 8.63. The third kappa shape index (κ3) is 4.82. The molecule has 1 heterocycles. The lowest BCUT2D eigenvalue weighted by molar-refractivity contribution is -0.117. The number of nitrogens with zero attached hydrogens (tertiary/aromatic N) is 1. The summed E-state index contributed by atoms with van der Waals surface area (Å²) in [5.41, 5.74) is 6.32. The number of nitrogens with one attached hydrogen (secondary N) is 1. The topological polar surface area (TPSA) is 42.0 Å². The Morgan fingerprint density at radius 2 is 1.78 bits per heavy atom. The lowest BCUT2D eigenvalue weighted by Gasteiger charge is -2.17. The molecule has 3 nitrogen and oxygen atoms in total. The van der Waals surface area contributed by atoms with Gasteiger partial charge in [-0.3, -0.25) is 9.78 Å². The first kappa shape index (κ1) is 18.8. The minimum Gasteiger partial charge on any atom is -0.326 e. The Bertz CT molecular complexity index is 916. The third-order valence-corrected chi connectivity index (χ3v) is 4.72. The van der Waals surface area contributed by atoms with E-state index >= 15 is 0 Å². The van der Waals surface area contributed by atoms with Crippen molar-refractivity contribution in [2.24, 2.45) is 0 Å². The number of carbonyl (C=O) groups excluding carboxylic acids is 1. The van der Waals surface area contributed by atoms with Gasteiger partial charge in [-0.05, 0) is 61.2 Å². The predicted molar refractivity (Wildman–Crippen MR) is 112 cm³/mol. The van der Waals surface area contributed by atoms with Gasteiger partial charge in [0.05, 0.1) is 5.92 Å². The van der Waals surface area contributed by atoms with E-state index in [1.807, 2.05) is 55.6 Å². The lowest BCUT2D eigenvalue weighted by atomic mass is 9.92. The number of hydrogen-bond acceptors (Lipinski definition) is 2. The van der Waals surface area contributed by atoms with E-state index in [4.69, 9.17) is 0 Å². The molecular formula is C24H26N2O. The highest BCUT2D eigenvalue weighted by atomic mass is 16.1. The Morgan fingerprint density at radius 1 is 1.00 bits per heavy atom. The minimum atomic E-state index is -0.127. The van der Waals surface area contributed by atoms with Crippen LogP contribution >= 0.6 is 0 Å². The monoisotopic (exact) mass is 358 g/mol. The molecule has 27 heavy (non-hydrogen) atoms. The maximum atomic E-state index is 12.9. The van der Waals surface area contributed by atoms with Crippen molar-refractivity contribution >= 4 is 11.6 Å². The average molecular weight is 358 g/mol. The second-order valence-corrected chi connectivity index (χ2v) is 7.01. The average Bonchev–Trinajstić information content (AvgIpc) is 2.66. The molecule has 1 unspecified atom stereocenters. The second-order valence-electron chi connectivity index (χ2n) is 7.01. The Morgan fingerprint density at radius 3 is 2.44 bits per heavy atom. The summed E-state index contributed by atoms with van der Waals surface area (Å²) >= 11 is 0. The van der Waals surface area contributed by atoms with Crippen LogP contribution in [0.25, 0.3) is 11.1 Å². The molecule has 0 aliphatic rings. The number of aryl methyl sites for hydroxylation is 2. The van der Waals surface area contributed by atoms with Crippen molar-refractivity contribution in [2.75, 3.05) is 5.32 Å². The van der Waals surface area contributed by atoms with E-state index in [0.29, 0.717) is 0 Å². The van der Waals surface area contributed by atoms with Crippen molar-refractivity contribution < 1.29 is 4.79 Å². The maximum Gasteiger partial charge on any atom is 0.231 e. The first-order valence-corrected chi connectivity index (χ1v) is 9.47. The van der Waals surface area contributed by atoms with E-state index in [9.17, 15) is 4.79 Å². The van der Waals surface area contributed by atoms with Gasteiger partial charge < -0.3 is 5.32 Å². The van der Waals surface area contributed by atoms with Gasteiger partial charge in [0.25, 0.3) is 0 Å². The summed E-state index contributed by atoms with van der Waals surface area (Å²) in [6.45, 7) is 6.16. The molecule has 1 N–H and O–H groups in total. The van der Waals surface area contributed by atoms with Crippen molar-refractivity contribution in [3.63, 3.8) is 0 Å². The quantitative estimate of drug-likeness (QED) is 0.597. The van der Waals surface area contributed by atoms with E-state index in [0.717, 1.165) is 40.9 Å². The zero-order valence-corrected chi connectivity index (χ0v) is 16.2. The molecular weight excluding hydrogens is 332 g/mol. The zero-order valence-electron chi connectivity index (χ0n) is 16.2. The molecule has 3 rings (SSSR count). The molecule has 0 aliphatic heterocycles. The normalized spacial score (nSPS) is 11.8. The van der Waals surface area contributed by atoms with Gasteiger partial charge in [-0.15, -0.1) is 0 Å². The number of benzene rings is 2. The van der Waals surface area contributed by atoms with Crippen LogP contribution in [0.1, 0.15) is 42.5 Å². The lowest BCUT2D eigenvalue weighted by Crippen LogP contribution is -2.21. The zero-order chi connectivity index (χ0) is 19.2. The van der Waals surface area contributed by atoms with Gasteiger partial charge in [0, 0.05) is 17.6 Å². The van der Waals surface area contributed by atoms with Crippen LogP contribution in [-0.4, -0.2) is 10.9 Å². The number of anilines is 1. The van der Waals surface area contributed by atoms with Crippen molar-refractivity contribution in [3.8, 4) is 11.1 Å². The molecule has 0 bridgehead atoms. The van der Waals surface area contributed by atoms with Gasteiger partial charge in [-0.25, -0.2) is 0 Å². The van der Waals surface area contributed by atoms with Gasteiger partial charge in [0.2, 0.25) is 5.91 Å². The van der Waals surface area contributed by atoms with E-state index < -0.39 is 0 Å². The fourth-order valence-corrected chi connectivity index (χ4v) is 3.33. The van der Waals surface area contributed by atoms with E-state index in [1.165, 1.54) is 5.56 Å². The van der Waals surface area contributed by atoms with Gasteiger partial charge in [0.15, 0.2) is 0 Å². The number of amides is 1. The van der Waals surface area contributed by atoms with Crippen LogP contribution in [-0.2, 0) is 4.79 Å².